The van der Waals surface area contributed by atoms with E-state index >= 15 is 0 Å². The van der Waals surface area contributed by atoms with Gasteiger partial charge in [0.25, 0.3) is 0 Å². The third-order valence-electron chi connectivity index (χ3n) is 3.65. The highest BCUT2D eigenvalue weighted by Crippen LogP contribution is 2.22. The van der Waals surface area contributed by atoms with Gasteiger partial charge in [0.15, 0.2) is 0 Å². The molecule has 0 spiro atoms. The van der Waals surface area contributed by atoms with Gasteiger partial charge in [-0.15, -0.1) is 0 Å². The molecule has 6 heteroatoms. The van der Waals surface area contributed by atoms with E-state index in [2.05, 4.69) is 9.97 Å². The Morgan fingerprint density at radius 1 is 1.43 bits per heavy atom. The molecule has 1 aromatic heterocycles. The van der Waals surface area contributed by atoms with Gasteiger partial charge in [-0.1, -0.05) is 0 Å². The van der Waals surface area contributed by atoms with Crippen LogP contribution < -0.4 is 4.90 Å². The molecule has 6 nitrogen and oxygen atoms in total. The summed E-state index contributed by atoms with van der Waals surface area (Å²) in [5, 5.41) is 0. The van der Waals surface area contributed by atoms with Crippen molar-refractivity contribution in [3.8, 4) is 0 Å². The predicted molar refractivity (Wildman–Crippen MR) is 81.4 cm³/mol. The Bertz CT molecular complexity index is 504. The van der Waals surface area contributed by atoms with E-state index in [1.165, 1.54) is 0 Å². The Balaban J connectivity index is 2.01. The third-order valence-corrected chi connectivity index (χ3v) is 3.65. The number of anilines is 1. The molecule has 0 radical (unpaired) electrons. The molecule has 0 unspecified atom stereocenters. The molecule has 1 fully saturated rings. The van der Waals surface area contributed by atoms with Gasteiger partial charge in [-0.25, -0.2) is 9.97 Å². The smallest absolute Gasteiger partial charge is 0.225 e. The fourth-order valence-electron chi connectivity index (χ4n) is 2.63. The molecule has 116 valence electrons. The summed E-state index contributed by atoms with van der Waals surface area (Å²) in [7, 11) is 5.53. The summed E-state index contributed by atoms with van der Waals surface area (Å²) in [4.78, 5) is 24.7. The van der Waals surface area contributed by atoms with E-state index in [9.17, 15) is 4.79 Å². The van der Waals surface area contributed by atoms with Crippen molar-refractivity contribution in [3.05, 3.63) is 17.5 Å². The number of aromatic nitrogens is 2. The van der Waals surface area contributed by atoms with Crippen molar-refractivity contribution in [3.63, 3.8) is 0 Å². The number of amides is 1. The quantitative estimate of drug-likeness (QED) is 0.779. The number of likely N-dealkylation sites (tertiary alicyclic amines) is 1. The van der Waals surface area contributed by atoms with Crippen LogP contribution in [0.4, 0.5) is 5.95 Å². The van der Waals surface area contributed by atoms with E-state index in [1.54, 1.807) is 7.11 Å². The molecular formula is C15H24N4O2. The number of carbonyl (C=O) groups excluding carboxylic acids is 1. The van der Waals surface area contributed by atoms with Crippen LogP contribution in [0.5, 0.6) is 0 Å². The molecular weight excluding hydrogens is 268 g/mol. The lowest BCUT2D eigenvalue weighted by atomic mass is 10.0. The highest BCUT2D eigenvalue weighted by molar-refractivity contribution is 5.78. The molecule has 2 heterocycles. The second-order valence-electron chi connectivity index (χ2n) is 5.80. The number of ether oxygens (including phenoxy) is 1. The molecule has 21 heavy (non-hydrogen) atoms. The maximum atomic E-state index is 12.0. The monoisotopic (exact) mass is 292 g/mol. The van der Waals surface area contributed by atoms with Crippen LogP contribution in [-0.4, -0.2) is 61.7 Å². The van der Waals surface area contributed by atoms with Crippen molar-refractivity contribution >= 4 is 11.9 Å². The normalized spacial score (nSPS) is 18.4. The van der Waals surface area contributed by atoms with Crippen LogP contribution in [0.15, 0.2) is 6.07 Å². The Morgan fingerprint density at radius 3 is 2.86 bits per heavy atom. The zero-order valence-corrected chi connectivity index (χ0v) is 13.3. The number of aryl methyl sites for hydroxylation is 1. The lowest BCUT2D eigenvalue weighted by molar-refractivity contribution is -0.128. The molecule has 0 saturated carbocycles. The fraction of sp³-hybridized carbons (Fsp3) is 0.667. The van der Waals surface area contributed by atoms with E-state index in [0.717, 1.165) is 30.3 Å². The maximum Gasteiger partial charge on any atom is 0.225 e. The largest absolute Gasteiger partial charge is 0.383 e. The molecule has 2 rings (SSSR count). The topological polar surface area (TPSA) is 58.6 Å². The lowest BCUT2D eigenvalue weighted by Gasteiger charge is -2.16. The Morgan fingerprint density at radius 2 is 2.19 bits per heavy atom. The first-order valence-electron chi connectivity index (χ1n) is 7.28. The Labute approximate surface area is 126 Å². The maximum absolute atomic E-state index is 12.0. The van der Waals surface area contributed by atoms with Gasteiger partial charge >= 0.3 is 0 Å². The van der Waals surface area contributed by atoms with Crippen molar-refractivity contribution in [2.75, 3.05) is 45.8 Å². The number of hydrogen-bond donors (Lipinski definition) is 0. The Kier molecular flexibility index (Phi) is 5.12. The lowest BCUT2D eigenvalue weighted by Crippen LogP contribution is -2.29. The minimum atomic E-state index is 0.218. The number of nitrogens with zero attached hydrogens (tertiary/aromatic N) is 4. The Hall–Kier alpha value is -1.69. The van der Waals surface area contributed by atoms with Crippen molar-refractivity contribution in [1.29, 1.82) is 0 Å². The van der Waals surface area contributed by atoms with Gasteiger partial charge in [0.2, 0.25) is 11.9 Å². The van der Waals surface area contributed by atoms with E-state index < -0.39 is 0 Å². The standard InChI is InChI=1S/C15H24N4O2/c1-11-7-13(17-15(16-11)18(2)3)8-12-9-14(20)19(10-12)5-6-21-4/h7,12H,5-6,8-10H2,1-4H3/t12-/m0/s1. The molecule has 1 saturated heterocycles. The SMILES string of the molecule is COCCN1C[C@@H](Cc2cc(C)nc(N(C)C)n2)CC1=O. The van der Waals surface area contributed by atoms with Gasteiger partial charge in [0.1, 0.15) is 0 Å². The molecule has 0 aliphatic carbocycles. The van der Waals surface area contributed by atoms with E-state index in [1.807, 2.05) is 36.9 Å². The van der Waals surface area contributed by atoms with Crippen LogP contribution in [0.3, 0.4) is 0 Å². The number of hydrogen-bond acceptors (Lipinski definition) is 5. The van der Waals surface area contributed by atoms with Crippen LogP contribution in [-0.2, 0) is 16.0 Å². The molecule has 1 aromatic rings. The molecule has 1 aliphatic heterocycles. The summed E-state index contributed by atoms with van der Waals surface area (Å²) in [6, 6.07) is 2.01. The summed E-state index contributed by atoms with van der Waals surface area (Å²) in [6.45, 7) is 4.04. The molecule has 0 bridgehead atoms. The molecule has 1 aliphatic rings. The minimum Gasteiger partial charge on any atom is -0.383 e. The number of methoxy groups -OCH3 is 1. The average molecular weight is 292 g/mol. The van der Waals surface area contributed by atoms with Gasteiger partial charge in [-0.2, -0.15) is 0 Å². The zero-order valence-electron chi connectivity index (χ0n) is 13.3. The van der Waals surface area contributed by atoms with Crippen molar-refractivity contribution in [2.45, 2.75) is 19.8 Å². The summed E-state index contributed by atoms with van der Waals surface area (Å²) < 4.78 is 5.04. The summed E-state index contributed by atoms with van der Waals surface area (Å²) >= 11 is 0. The van der Waals surface area contributed by atoms with E-state index in [0.29, 0.717) is 25.5 Å². The van der Waals surface area contributed by atoms with Crippen molar-refractivity contribution in [1.82, 2.24) is 14.9 Å². The third kappa shape index (κ3) is 4.14. The average Bonchev–Trinajstić information content (AvgIpc) is 2.75. The first-order chi connectivity index (χ1) is 9.99. The molecule has 1 amide bonds. The van der Waals surface area contributed by atoms with Gasteiger partial charge < -0.3 is 14.5 Å². The highest BCUT2D eigenvalue weighted by atomic mass is 16.5. The van der Waals surface area contributed by atoms with Crippen LogP contribution >= 0.6 is 0 Å². The second-order valence-corrected chi connectivity index (χ2v) is 5.80. The minimum absolute atomic E-state index is 0.218. The highest BCUT2D eigenvalue weighted by Gasteiger charge is 2.29. The zero-order chi connectivity index (χ0) is 15.4. The number of rotatable bonds is 6. The van der Waals surface area contributed by atoms with Crippen LogP contribution in [0, 0.1) is 12.8 Å². The van der Waals surface area contributed by atoms with Gasteiger partial charge in [0.05, 0.1) is 6.61 Å². The second kappa shape index (κ2) is 6.85. The molecule has 0 N–H and O–H groups in total. The first kappa shape index (κ1) is 15.7. The molecule has 0 aromatic carbocycles. The predicted octanol–water partition coefficient (Wildman–Crippen LogP) is 0.888. The van der Waals surface area contributed by atoms with Gasteiger partial charge in [0, 0.05) is 52.1 Å². The van der Waals surface area contributed by atoms with Gasteiger partial charge in [-0.05, 0) is 25.3 Å². The van der Waals surface area contributed by atoms with E-state index in [4.69, 9.17) is 4.74 Å². The first-order valence-corrected chi connectivity index (χ1v) is 7.28. The fourth-order valence-corrected chi connectivity index (χ4v) is 2.63. The van der Waals surface area contributed by atoms with Crippen molar-refractivity contribution < 1.29 is 9.53 Å². The summed E-state index contributed by atoms with van der Waals surface area (Å²) in [6.07, 6.45) is 1.42. The van der Waals surface area contributed by atoms with Crippen LogP contribution in [0.2, 0.25) is 0 Å². The summed E-state index contributed by atoms with van der Waals surface area (Å²) in [5.41, 5.74) is 1.97. The molecule has 1 atom stereocenters. The van der Waals surface area contributed by atoms with Crippen LogP contribution in [0.1, 0.15) is 17.8 Å². The number of carbonyl (C=O) groups is 1. The van der Waals surface area contributed by atoms with E-state index in [-0.39, 0.29) is 5.91 Å². The van der Waals surface area contributed by atoms with Gasteiger partial charge in [-0.3, -0.25) is 4.79 Å². The van der Waals surface area contributed by atoms with Crippen LogP contribution in [0.25, 0.3) is 0 Å². The summed E-state index contributed by atoms with van der Waals surface area (Å²) in [5.74, 6) is 1.28. The van der Waals surface area contributed by atoms with Crippen molar-refractivity contribution in [2.24, 2.45) is 5.92 Å².